The van der Waals surface area contributed by atoms with E-state index in [-0.39, 0.29) is 0 Å². The van der Waals surface area contributed by atoms with Crippen LogP contribution in [0.3, 0.4) is 0 Å². The summed E-state index contributed by atoms with van der Waals surface area (Å²) in [5.41, 5.74) is 0.936. The number of nitrogens with zero attached hydrogens (tertiary/aromatic N) is 1. The number of benzene rings is 1. The molecule has 17 heavy (non-hydrogen) atoms. The first-order valence-corrected chi connectivity index (χ1v) is 6.48. The quantitative estimate of drug-likeness (QED) is 0.887. The normalized spacial score (nSPS) is 10.5. The highest BCUT2D eigenvalue weighted by atomic mass is 32.1. The Kier molecular flexibility index (Phi) is 3.68. The van der Waals surface area contributed by atoms with E-state index in [0.717, 1.165) is 26.8 Å². The third-order valence-electron chi connectivity index (χ3n) is 2.27. The minimum absolute atomic E-state index is 0.620. The van der Waals surface area contributed by atoms with Crippen LogP contribution in [0.15, 0.2) is 12.1 Å². The van der Waals surface area contributed by atoms with Gasteiger partial charge in [0.05, 0.1) is 23.4 Å². The molecule has 4 nitrogen and oxygen atoms in total. The molecule has 1 aromatic carbocycles. The highest BCUT2D eigenvalue weighted by Crippen LogP contribution is 2.36. The van der Waals surface area contributed by atoms with Crippen molar-refractivity contribution in [2.75, 3.05) is 25.6 Å². The number of anilines is 1. The highest BCUT2D eigenvalue weighted by Gasteiger charge is 2.10. The standard InChI is InChI=1S/C12H16N2O2S/c1-4-15-9-6-8-11(7-10(9)16-5-2)17-12(13-3)14-8/h6-7H,4-5H2,1-3H3,(H,13,14). The molecule has 1 aromatic heterocycles. The molecule has 0 unspecified atom stereocenters. The number of hydrogen-bond donors (Lipinski definition) is 1. The van der Waals surface area contributed by atoms with E-state index in [1.54, 1.807) is 11.3 Å². The molecule has 0 aliphatic carbocycles. The van der Waals surface area contributed by atoms with Crippen molar-refractivity contribution in [3.8, 4) is 11.5 Å². The molecule has 2 aromatic rings. The lowest BCUT2D eigenvalue weighted by atomic mass is 10.3. The summed E-state index contributed by atoms with van der Waals surface area (Å²) in [6, 6.07) is 3.92. The predicted molar refractivity (Wildman–Crippen MR) is 71.5 cm³/mol. The van der Waals surface area contributed by atoms with E-state index in [4.69, 9.17) is 9.47 Å². The molecule has 1 heterocycles. The van der Waals surface area contributed by atoms with Gasteiger partial charge in [-0.25, -0.2) is 4.98 Å². The molecule has 0 aliphatic heterocycles. The molecule has 0 radical (unpaired) electrons. The van der Waals surface area contributed by atoms with Crippen LogP contribution >= 0.6 is 11.3 Å². The Balaban J connectivity index is 2.48. The second-order valence-electron chi connectivity index (χ2n) is 3.40. The van der Waals surface area contributed by atoms with Gasteiger partial charge in [0.2, 0.25) is 0 Å². The van der Waals surface area contributed by atoms with Gasteiger partial charge in [-0.15, -0.1) is 0 Å². The molecule has 0 bridgehead atoms. The van der Waals surface area contributed by atoms with Crippen molar-refractivity contribution < 1.29 is 9.47 Å². The number of nitrogens with one attached hydrogen (secondary N) is 1. The zero-order chi connectivity index (χ0) is 12.3. The predicted octanol–water partition coefficient (Wildman–Crippen LogP) is 3.14. The maximum absolute atomic E-state index is 5.57. The summed E-state index contributed by atoms with van der Waals surface area (Å²) in [5.74, 6) is 1.54. The minimum atomic E-state index is 0.620. The van der Waals surface area contributed by atoms with Gasteiger partial charge in [-0.3, -0.25) is 0 Å². The summed E-state index contributed by atoms with van der Waals surface area (Å²) >= 11 is 1.61. The van der Waals surface area contributed by atoms with Gasteiger partial charge >= 0.3 is 0 Å². The Morgan fingerprint density at radius 3 is 2.41 bits per heavy atom. The van der Waals surface area contributed by atoms with E-state index in [0.29, 0.717) is 13.2 Å². The first kappa shape index (κ1) is 12.0. The minimum Gasteiger partial charge on any atom is -0.490 e. The fourth-order valence-electron chi connectivity index (χ4n) is 1.58. The maximum Gasteiger partial charge on any atom is 0.183 e. The molecule has 0 atom stereocenters. The fraction of sp³-hybridized carbons (Fsp3) is 0.417. The van der Waals surface area contributed by atoms with Crippen LogP contribution in [0.1, 0.15) is 13.8 Å². The lowest BCUT2D eigenvalue weighted by molar-refractivity contribution is 0.288. The van der Waals surface area contributed by atoms with E-state index >= 15 is 0 Å². The van der Waals surface area contributed by atoms with Crippen molar-refractivity contribution in [2.24, 2.45) is 0 Å². The second-order valence-corrected chi connectivity index (χ2v) is 4.43. The molecular formula is C12H16N2O2S. The molecule has 0 aliphatic rings. The first-order chi connectivity index (χ1) is 8.28. The van der Waals surface area contributed by atoms with Crippen LogP contribution in [-0.2, 0) is 0 Å². The maximum atomic E-state index is 5.57. The zero-order valence-corrected chi connectivity index (χ0v) is 11.1. The van der Waals surface area contributed by atoms with Gasteiger partial charge in [-0.1, -0.05) is 11.3 Å². The molecule has 92 valence electrons. The Labute approximate surface area is 105 Å². The Morgan fingerprint density at radius 1 is 1.18 bits per heavy atom. The zero-order valence-electron chi connectivity index (χ0n) is 10.2. The molecule has 0 fully saturated rings. The van der Waals surface area contributed by atoms with Crippen molar-refractivity contribution in [3.63, 3.8) is 0 Å². The van der Waals surface area contributed by atoms with Gasteiger partial charge in [-0.2, -0.15) is 0 Å². The summed E-state index contributed by atoms with van der Waals surface area (Å²) in [7, 11) is 1.87. The van der Waals surface area contributed by atoms with Crippen LogP contribution in [0.25, 0.3) is 10.2 Å². The third-order valence-corrected chi connectivity index (χ3v) is 3.30. The molecule has 2 rings (SSSR count). The monoisotopic (exact) mass is 252 g/mol. The summed E-state index contributed by atoms with van der Waals surface area (Å²) in [5, 5.41) is 3.94. The van der Waals surface area contributed by atoms with Gasteiger partial charge in [0.1, 0.15) is 0 Å². The van der Waals surface area contributed by atoms with Crippen molar-refractivity contribution >= 4 is 26.7 Å². The lowest BCUT2D eigenvalue weighted by Crippen LogP contribution is -1.98. The van der Waals surface area contributed by atoms with Crippen molar-refractivity contribution in [1.82, 2.24) is 4.98 Å². The van der Waals surface area contributed by atoms with Gasteiger partial charge in [0.25, 0.3) is 0 Å². The molecule has 0 spiro atoms. The summed E-state index contributed by atoms with van der Waals surface area (Å²) < 4.78 is 12.2. The van der Waals surface area contributed by atoms with Crippen molar-refractivity contribution in [1.29, 1.82) is 0 Å². The van der Waals surface area contributed by atoms with E-state index in [1.807, 2.05) is 33.0 Å². The van der Waals surface area contributed by atoms with E-state index < -0.39 is 0 Å². The van der Waals surface area contributed by atoms with E-state index in [9.17, 15) is 0 Å². The fourth-order valence-corrected chi connectivity index (χ4v) is 2.41. The number of fused-ring (bicyclic) bond motifs is 1. The average molecular weight is 252 g/mol. The largest absolute Gasteiger partial charge is 0.490 e. The molecule has 0 saturated carbocycles. The van der Waals surface area contributed by atoms with Gasteiger partial charge in [0, 0.05) is 19.2 Å². The molecule has 0 amide bonds. The summed E-state index contributed by atoms with van der Waals surface area (Å²) in [6.45, 7) is 5.17. The Bertz CT molecular complexity index is 467. The average Bonchev–Trinajstić information content (AvgIpc) is 2.72. The van der Waals surface area contributed by atoms with E-state index in [2.05, 4.69) is 10.3 Å². The third kappa shape index (κ3) is 2.44. The number of aromatic nitrogens is 1. The molecule has 5 heteroatoms. The van der Waals surface area contributed by atoms with Gasteiger partial charge in [0.15, 0.2) is 16.6 Å². The lowest BCUT2D eigenvalue weighted by Gasteiger charge is -2.10. The smallest absolute Gasteiger partial charge is 0.183 e. The molecule has 1 N–H and O–H groups in total. The highest BCUT2D eigenvalue weighted by molar-refractivity contribution is 7.22. The van der Waals surface area contributed by atoms with Crippen LogP contribution in [0.2, 0.25) is 0 Å². The van der Waals surface area contributed by atoms with Gasteiger partial charge in [-0.05, 0) is 13.8 Å². The van der Waals surface area contributed by atoms with Crippen molar-refractivity contribution in [3.05, 3.63) is 12.1 Å². The number of ether oxygens (including phenoxy) is 2. The van der Waals surface area contributed by atoms with Crippen LogP contribution < -0.4 is 14.8 Å². The topological polar surface area (TPSA) is 43.4 Å². The number of hydrogen-bond acceptors (Lipinski definition) is 5. The van der Waals surface area contributed by atoms with Crippen molar-refractivity contribution in [2.45, 2.75) is 13.8 Å². The summed E-state index contributed by atoms with van der Waals surface area (Å²) in [6.07, 6.45) is 0. The van der Waals surface area contributed by atoms with Crippen LogP contribution in [0, 0.1) is 0 Å². The number of rotatable bonds is 5. The SMILES string of the molecule is CCOc1cc2nc(NC)sc2cc1OCC. The first-order valence-electron chi connectivity index (χ1n) is 5.66. The Morgan fingerprint density at radius 2 is 1.82 bits per heavy atom. The molecule has 0 saturated heterocycles. The van der Waals surface area contributed by atoms with Gasteiger partial charge < -0.3 is 14.8 Å². The van der Waals surface area contributed by atoms with Crippen LogP contribution in [0.4, 0.5) is 5.13 Å². The van der Waals surface area contributed by atoms with Crippen LogP contribution in [0.5, 0.6) is 11.5 Å². The number of thiazole rings is 1. The second kappa shape index (κ2) is 5.23. The molecular weight excluding hydrogens is 236 g/mol. The van der Waals surface area contributed by atoms with E-state index in [1.165, 1.54) is 0 Å². The Hall–Kier alpha value is -1.49. The van der Waals surface area contributed by atoms with Crippen LogP contribution in [-0.4, -0.2) is 25.2 Å². The summed E-state index contributed by atoms with van der Waals surface area (Å²) in [4.78, 5) is 4.45.